The van der Waals surface area contributed by atoms with Crippen molar-refractivity contribution < 1.29 is 9.47 Å². The molecule has 186 valence electrons. The maximum atomic E-state index is 6.19. The Hall–Kier alpha value is -3.05. The Bertz CT molecular complexity index is 1070. The first-order valence-corrected chi connectivity index (χ1v) is 12.7. The number of ether oxygens (including phenoxy) is 2. The first-order valence-electron chi connectivity index (χ1n) is 12.3. The molecule has 0 aliphatic rings. The minimum atomic E-state index is 0.292. The molecule has 0 saturated carbocycles. The number of unbranched alkanes of at least 4 members (excludes halogenated alkanes) is 2. The van der Waals surface area contributed by atoms with Crippen LogP contribution in [0.3, 0.4) is 0 Å². The summed E-state index contributed by atoms with van der Waals surface area (Å²) in [6.45, 7) is 9.50. The quantitative estimate of drug-likeness (QED) is 0.173. The molecule has 0 fully saturated rings. The van der Waals surface area contributed by atoms with Crippen LogP contribution in [0.2, 0.25) is 5.15 Å². The summed E-state index contributed by atoms with van der Waals surface area (Å²) in [6, 6.07) is 16.5. The minimum Gasteiger partial charge on any atom is -0.496 e. The number of hydrogen-bond donors (Lipinski definition) is 0. The maximum Gasteiger partial charge on any atom is 0.134 e. The molecule has 0 spiro atoms. The van der Waals surface area contributed by atoms with Gasteiger partial charge in [0.2, 0.25) is 0 Å². The molecule has 0 saturated heterocycles. The van der Waals surface area contributed by atoms with Crippen molar-refractivity contribution >= 4 is 23.5 Å². The Morgan fingerprint density at radius 1 is 1.09 bits per heavy atom. The topological polar surface area (TPSA) is 47.5 Å². The number of rotatable bonds is 14. The molecule has 1 unspecified atom stereocenters. The lowest BCUT2D eigenvalue weighted by molar-refractivity contribution is 0.318. The number of benzene rings is 2. The zero-order valence-electron chi connectivity index (χ0n) is 21.0. The summed E-state index contributed by atoms with van der Waals surface area (Å²) >= 11 is 6.19. The van der Waals surface area contributed by atoms with E-state index in [-0.39, 0.29) is 0 Å². The molecule has 0 bridgehead atoms. The number of anilines is 1. The number of aromatic nitrogens is 2. The Morgan fingerprint density at radius 3 is 2.57 bits per heavy atom. The van der Waals surface area contributed by atoms with Gasteiger partial charge in [0.05, 0.1) is 13.7 Å². The van der Waals surface area contributed by atoms with Gasteiger partial charge < -0.3 is 14.4 Å². The van der Waals surface area contributed by atoms with Crippen molar-refractivity contribution in [2.75, 3.05) is 18.6 Å². The second-order valence-electron chi connectivity index (χ2n) is 8.69. The third-order valence-electron chi connectivity index (χ3n) is 6.15. The molecule has 1 heterocycles. The number of methoxy groups -OCH3 is 1. The average Bonchev–Trinajstić information content (AvgIpc) is 2.88. The molecule has 1 atom stereocenters. The fraction of sp³-hybridized carbons (Fsp3) is 0.379. The monoisotopic (exact) mass is 493 g/mol. The second-order valence-corrected chi connectivity index (χ2v) is 9.08. The van der Waals surface area contributed by atoms with Crippen LogP contribution in [0.25, 0.3) is 6.08 Å². The highest BCUT2D eigenvalue weighted by Gasteiger charge is 2.19. The number of halogens is 1. The Balaban J connectivity index is 1.70. The number of hydrogen-bond acceptors (Lipinski definition) is 5. The second kappa shape index (κ2) is 13.7. The zero-order chi connectivity index (χ0) is 25.0. The van der Waals surface area contributed by atoms with E-state index in [0.29, 0.717) is 24.3 Å². The minimum absolute atomic E-state index is 0.292. The summed E-state index contributed by atoms with van der Waals surface area (Å²) in [5, 5.41) is 0.440. The van der Waals surface area contributed by atoms with Gasteiger partial charge >= 0.3 is 0 Å². The van der Waals surface area contributed by atoms with Crippen molar-refractivity contribution in [1.29, 1.82) is 0 Å². The molecule has 0 radical (unpaired) electrons. The Morgan fingerprint density at radius 2 is 1.89 bits per heavy atom. The predicted octanol–water partition coefficient (Wildman–Crippen LogP) is 7.38. The number of nitrogens with zero attached hydrogens (tertiary/aromatic N) is 3. The lowest BCUT2D eigenvalue weighted by Gasteiger charge is -2.31. The van der Waals surface area contributed by atoms with Crippen molar-refractivity contribution in [1.82, 2.24) is 9.97 Å². The zero-order valence-corrected chi connectivity index (χ0v) is 21.8. The van der Waals surface area contributed by atoms with Crippen LogP contribution in [0.15, 0.2) is 61.4 Å². The Labute approximate surface area is 214 Å². The molecular formula is C29H36ClN3O2. The largest absolute Gasteiger partial charge is 0.496 e. The summed E-state index contributed by atoms with van der Waals surface area (Å²) in [7, 11) is 1.69. The van der Waals surface area contributed by atoms with Crippen molar-refractivity contribution in [3.8, 4) is 11.5 Å². The molecule has 35 heavy (non-hydrogen) atoms. The first-order chi connectivity index (χ1) is 17.0. The van der Waals surface area contributed by atoms with E-state index < -0.39 is 0 Å². The highest BCUT2D eigenvalue weighted by molar-refractivity contribution is 6.29. The molecule has 0 amide bonds. The third-order valence-corrected chi connectivity index (χ3v) is 6.35. The van der Waals surface area contributed by atoms with E-state index in [9.17, 15) is 0 Å². The predicted molar refractivity (Wildman–Crippen MR) is 146 cm³/mol. The van der Waals surface area contributed by atoms with Crippen LogP contribution in [0.1, 0.15) is 56.2 Å². The van der Waals surface area contributed by atoms with Gasteiger partial charge in [-0.05, 0) is 36.6 Å². The van der Waals surface area contributed by atoms with Gasteiger partial charge in [-0.3, -0.25) is 0 Å². The van der Waals surface area contributed by atoms with E-state index >= 15 is 0 Å². The molecule has 6 heteroatoms. The van der Waals surface area contributed by atoms with Gasteiger partial charge in [0.25, 0.3) is 0 Å². The van der Waals surface area contributed by atoms with Gasteiger partial charge in [-0.2, -0.15) is 0 Å². The summed E-state index contributed by atoms with van der Waals surface area (Å²) in [4.78, 5) is 10.8. The third kappa shape index (κ3) is 8.00. The maximum absolute atomic E-state index is 6.19. The van der Waals surface area contributed by atoms with E-state index in [1.165, 1.54) is 31.2 Å². The van der Waals surface area contributed by atoms with Crippen LogP contribution in [0.5, 0.6) is 11.5 Å². The van der Waals surface area contributed by atoms with Crippen molar-refractivity contribution in [3.63, 3.8) is 0 Å². The van der Waals surface area contributed by atoms with E-state index in [2.05, 4.69) is 65.6 Å². The summed E-state index contributed by atoms with van der Waals surface area (Å²) < 4.78 is 11.8. The van der Waals surface area contributed by atoms with Gasteiger partial charge in [0.1, 0.15) is 28.8 Å². The van der Waals surface area contributed by atoms with Crippen molar-refractivity contribution in [3.05, 3.63) is 83.3 Å². The standard InChI is InChI=1S/C29H36ClN3O2/c1-5-7-8-9-22(3)33(29-19-28(30)31-21-32-29)20-25-14-15-26(18-27(25)34-4)35-17-16-24-12-10-23(6-2)11-13-24/h6,10-15,18-19,21-22H,2,5,7-9,16-17,20H2,1,3-4H3. The van der Waals surface area contributed by atoms with Crippen LogP contribution in [0.4, 0.5) is 5.82 Å². The van der Waals surface area contributed by atoms with Crippen LogP contribution in [0, 0.1) is 0 Å². The van der Waals surface area contributed by atoms with Crippen molar-refractivity contribution in [2.45, 2.75) is 58.5 Å². The Kier molecular flexibility index (Phi) is 10.4. The lowest BCUT2D eigenvalue weighted by atomic mass is 10.1. The molecule has 5 nitrogen and oxygen atoms in total. The average molecular weight is 494 g/mol. The highest BCUT2D eigenvalue weighted by atomic mass is 35.5. The normalized spacial score (nSPS) is 11.7. The van der Waals surface area contributed by atoms with Gasteiger partial charge in [-0.1, -0.05) is 74.7 Å². The molecule has 3 aromatic rings. The fourth-order valence-electron chi connectivity index (χ4n) is 4.03. The SMILES string of the molecule is C=Cc1ccc(CCOc2ccc(CN(c3cc(Cl)ncn3)C(C)CCCCC)c(OC)c2)cc1. The van der Waals surface area contributed by atoms with Gasteiger partial charge in [0.15, 0.2) is 0 Å². The van der Waals surface area contributed by atoms with Crippen LogP contribution in [-0.2, 0) is 13.0 Å². The molecule has 0 aliphatic carbocycles. The molecule has 0 N–H and O–H groups in total. The lowest BCUT2D eigenvalue weighted by Crippen LogP contribution is -2.33. The van der Waals surface area contributed by atoms with Gasteiger partial charge in [-0.25, -0.2) is 9.97 Å². The molecule has 0 aliphatic heterocycles. The van der Waals surface area contributed by atoms with Crippen LogP contribution in [-0.4, -0.2) is 29.7 Å². The first kappa shape index (κ1) is 26.6. The van der Waals surface area contributed by atoms with E-state index in [4.69, 9.17) is 21.1 Å². The van der Waals surface area contributed by atoms with Crippen molar-refractivity contribution in [2.24, 2.45) is 0 Å². The van der Waals surface area contributed by atoms with E-state index in [1.54, 1.807) is 7.11 Å². The highest BCUT2D eigenvalue weighted by Crippen LogP contribution is 2.29. The summed E-state index contributed by atoms with van der Waals surface area (Å²) in [5.74, 6) is 2.41. The summed E-state index contributed by atoms with van der Waals surface area (Å²) in [5.41, 5.74) is 3.42. The molecule has 2 aromatic carbocycles. The van der Waals surface area contributed by atoms with Crippen LogP contribution >= 0.6 is 11.6 Å². The molecule has 3 rings (SSSR count). The van der Waals surface area contributed by atoms with E-state index in [1.807, 2.05) is 24.3 Å². The molecule has 1 aromatic heterocycles. The van der Waals surface area contributed by atoms with Crippen LogP contribution < -0.4 is 14.4 Å². The molecular weight excluding hydrogens is 458 g/mol. The fourth-order valence-corrected chi connectivity index (χ4v) is 4.17. The van der Waals surface area contributed by atoms with Gasteiger partial charge in [0, 0.05) is 36.7 Å². The van der Waals surface area contributed by atoms with Gasteiger partial charge in [-0.15, -0.1) is 0 Å². The van der Waals surface area contributed by atoms with E-state index in [0.717, 1.165) is 41.3 Å². The summed E-state index contributed by atoms with van der Waals surface area (Å²) in [6.07, 6.45) is 8.86. The smallest absolute Gasteiger partial charge is 0.134 e.